The van der Waals surface area contributed by atoms with E-state index in [1.807, 2.05) is 30.3 Å². The summed E-state index contributed by atoms with van der Waals surface area (Å²) in [6, 6.07) is 14.1. The second-order valence-corrected chi connectivity index (χ2v) is 6.76. The van der Waals surface area contributed by atoms with Crippen molar-refractivity contribution in [3.8, 4) is 0 Å². The predicted molar refractivity (Wildman–Crippen MR) is 92.8 cm³/mol. The average Bonchev–Trinajstić information content (AvgIpc) is 3.39. The highest BCUT2D eigenvalue weighted by molar-refractivity contribution is 5.76. The van der Waals surface area contributed by atoms with E-state index in [4.69, 9.17) is 0 Å². The van der Waals surface area contributed by atoms with Gasteiger partial charge in [0.25, 0.3) is 0 Å². The molecule has 2 aliphatic rings. The van der Waals surface area contributed by atoms with Crippen molar-refractivity contribution in [2.45, 2.75) is 30.8 Å². The molecule has 25 heavy (non-hydrogen) atoms. The van der Waals surface area contributed by atoms with Gasteiger partial charge in [0.05, 0.1) is 12.6 Å². The summed E-state index contributed by atoms with van der Waals surface area (Å²) >= 11 is 0. The van der Waals surface area contributed by atoms with E-state index in [2.05, 4.69) is 5.32 Å². The fourth-order valence-corrected chi connectivity index (χ4v) is 3.81. The third kappa shape index (κ3) is 3.00. The van der Waals surface area contributed by atoms with E-state index in [-0.39, 0.29) is 36.5 Å². The summed E-state index contributed by atoms with van der Waals surface area (Å²) in [4.78, 5) is 14.4. The van der Waals surface area contributed by atoms with Crippen molar-refractivity contribution >= 4 is 6.03 Å². The van der Waals surface area contributed by atoms with E-state index < -0.39 is 0 Å². The first kappa shape index (κ1) is 16.1. The number of aliphatic hydroxyl groups is 1. The third-order valence-corrected chi connectivity index (χ3v) is 5.25. The van der Waals surface area contributed by atoms with Crippen LogP contribution in [0.4, 0.5) is 9.18 Å². The molecule has 4 rings (SSSR count). The minimum Gasteiger partial charge on any atom is -0.394 e. The average molecular weight is 340 g/mol. The van der Waals surface area contributed by atoms with Crippen molar-refractivity contribution in [3.05, 3.63) is 71.0 Å². The van der Waals surface area contributed by atoms with Crippen LogP contribution in [-0.4, -0.2) is 35.2 Å². The fourth-order valence-electron chi connectivity index (χ4n) is 3.81. The van der Waals surface area contributed by atoms with Gasteiger partial charge < -0.3 is 15.3 Å². The zero-order valence-corrected chi connectivity index (χ0v) is 13.9. The Morgan fingerprint density at radius 3 is 2.64 bits per heavy atom. The largest absolute Gasteiger partial charge is 0.394 e. The highest BCUT2D eigenvalue weighted by atomic mass is 19.1. The van der Waals surface area contributed by atoms with Crippen LogP contribution in [-0.2, 0) is 6.42 Å². The number of nitrogens with zero attached hydrogens (tertiary/aromatic N) is 1. The molecule has 1 heterocycles. The van der Waals surface area contributed by atoms with Gasteiger partial charge in [0, 0.05) is 18.5 Å². The number of halogens is 1. The van der Waals surface area contributed by atoms with E-state index in [0.29, 0.717) is 12.1 Å². The van der Waals surface area contributed by atoms with Crippen LogP contribution in [0.15, 0.2) is 48.5 Å². The van der Waals surface area contributed by atoms with Gasteiger partial charge in [-0.2, -0.15) is 0 Å². The molecule has 2 amide bonds. The Hall–Kier alpha value is -2.40. The number of benzene rings is 2. The number of hydrogen-bond acceptors (Lipinski definition) is 2. The standard InChI is InChI=1S/C20H21FN2O2/c21-17-8-4-3-7-15(17)16-11-18(16)22-20(25)23-10-9-13-5-1-2-6-14(13)19(23)12-24/h1-8,16,18-19,24H,9-12H2,(H,22,25). The van der Waals surface area contributed by atoms with E-state index in [9.17, 15) is 14.3 Å². The monoisotopic (exact) mass is 340 g/mol. The molecule has 1 saturated carbocycles. The number of fused-ring (bicyclic) bond motifs is 1. The van der Waals surface area contributed by atoms with E-state index in [1.165, 1.54) is 11.6 Å². The van der Waals surface area contributed by atoms with E-state index in [0.717, 1.165) is 18.4 Å². The van der Waals surface area contributed by atoms with Gasteiger partial charge in [0.1, 0.15) is 5.82 Å². The molecule has 2 aromatic rings. The van der Waals surface area contributed by atoms with Crippen molar-refractivity contribution in [1.29, 1.82) is 0 Å². The molecule has 4 nitrogen and oxygen atoms in total. The number of carbonyl (C=O) groups is 1. The molecule has 2 N–H and O–H groups in total. The van der Waals surface area contributed by atoms with Crippen molar-refractivity contribution in [1.82, 2.24) is 10.2 Å². The van der Waals surface area contributed by atoms with Gasteiger partial charge in [-0.1, -0.05) is 42.5 Å². The molecule has 0 bridgehead atoms. The first-order valence-electron chi connectivity index (χ1n) is 8.69. The molecule has 2 aromatic carbocycles. The molecule has 1 aliphatic heterocycles. The number of amides is 2. The number of aliphatic hydroxyl groups excluding tert-OH is 1. The second-order valence-electron chi connectivity index (χ2n) is 6.76. The van der Waals surface area contributed by atoms with Crippen molar-refractivity contribution in [2.75, 3.05) is 13.2 Å². The highest BCUT2D eigenvalue weighted by Crippen LogP contribution is 2.42. The minimum atomic E-state index is -0.324. The first-order chi connectivity index (χ1) is 12.2. The molecular weight excluding hydrogens is 319 g/mol. The van der Waals surface area contributed by atoms with Gasteiger partial charge in [-0.25, -0.2) is 9.18 Å². The molecule has 0 saturated heterocycles. The van der Waals surface area contributed by atoms with Crippen LogP contribution in [0.2, 0.25) is 0 Å². The molecule has 0 radical (unpaired) electrons. The summed E-state index contributed by atoms with van der Waals surface area (Å²) in [7, 11) is 0. The van der Waals surface area contributed by atoms with Gasteiger partial charge >= 0.3 is 6.03 Å². The SMILES string of the molecule is O=C(NC1CC1c1ccccc1F)N1CCc2ccccc2C1CO. The van der Waals surface area contributed by atoms with Gasteiger partial charge in [-0.15, -0.1) is 0 Å². The molecule has 3 atom stereocenters. The fraction of sp³-hybridized carbons (Fsp3) is 0.350. The third-order valence-electron chi connectivity index (χ3n) is 5.25. The van der Waals surface area contributed by atoms with Gasteiger partial charge in [0.2, 0.25) is 0 Å². The molecule has 0 spiro atoms. The van der Waals surface area contributed by atoms with Crippen molar-refractivity contribution in [2.24, 2.45) is 0 Å². The van der Waals surface area contributed by atoms with Crippen LogP contribution < -0.4 is 5.32 Å². The Kier molecular flexibility index (Phi) is 4.17. The highest BCUT2D eigenvalue weighted by Gasteiger charge is 2.42. The van der Waals surface area contributed by atoms with E-state index in [1.54, 1.807) is 17.0 Å². The number of carbonyl (C=O) groups excluding carboxylic acids is 1. The summed E-state index contributed by atoms with van der Waals surface area (Å²) in [5, 5.41) is 12.8. The quantitative estimate of drug-likeness (QED) is 0.902. The van der Waals surface area contributed by atoms with Gasteiger partial charge in [-0.05, 0) is 35.6 Å². The first-order valence-corrected chi connectivity index (χ1v) is 8.69. The van der Waals surface area contributed by atoms with Crippen LogP contribution in [0, 0.1) is 5.82 Å². The maximum Gasteiger partial charge on any atom is 0.318 e. The summed E-state index contributed by atoms with van der Waals surface area (Å²) in [6.45, 7) is 0.469. The zero-order chi connectivity index (χ0) is 17.4. The lowest BCUT2D eigenvalue weighted by molar-refractivity contribution is 0.126. The molecule has 5 heteroatoms. The maximum absolute atomic E-state index is 13.9. The summed E-state index contributed by atoms with van der Waals surface area (Å²) < 4.78 is 13.9. The maximum atomic E-state index is 13.9. The molecular formula is C20H21FN2O2. The Morgan fingerprint density at radius 2 is 1.88 bits per heavy atom. The predicted octanol–water partition coefficient (Wildman–Crippen LogP) is 2.98. The van der Waals surface area contributed by atoms with Gasteiger partial charge in [0.15, 0.2) is 0 Å². The van der Waals surface area contributed by atoms with Crippen molar-refractivity contribution in [3.63, 3.8) is 0 Å². The van der Waals surface area contributed by atoms with Crippen LogP contribution >= 0.6 is 0 Å². The van der Waals surface area contributed by atoms with Crippen LogP contribution in [0.25, 0.3) is 0 Å². The number of nitrogens with one attached hydrogen (secondary N) is 1. The minimum absolute atomic E-state index is 0.0369. The Labute approximate surface area is 146 Å². The summed E-state index contributed by atoms with van der Waals surface area (Å²) in [5.74, 6) is -0.181. The molecule has 0 aromatic heterocycles. The summed E-state index contributed by atoms with van der Waals surface area (Å²) in [6.07, 6.45) is 1.53. The normalized spacial score (nSPS) is 24.6. The smallest absolute Gasteiger partial charge is 0.318 e. The zero-order valence-electron chi connectivity index (χ0n) is 13.9. The number of hydrogen-bond donors (Lipinski definition) is 2. The Balaban J connectivity index is 1.45. The van der Waals surface area contributed by atoms with Crippen LogP contribution in [0.1, 0.15) is 35.1 Å². The van der Waals surface area contributed by atoms with Crippen LogP contribution in [0.3, 0.4) is 0 Å². The molecule has 1 aliphatic carbocycles. The summed E-state index contributed by atoms with van der Waals surface area (Å²) in [5.41, 5.74) is 2.85. The number of urea groups is 1. The lowest BCUT2D eigenvalue weighted by atomic mass is 9.93. The van der Waals surface area contributed by atoms with Crippen molar-refractivity contribution < 1.29 is 14.3 Å². The molecule has 3 unspecified atom stereocenters. The topological polar surface area (TPSA) is 52.6 Å². The van der Waals surface area contributed by atoms with Crippen LogP contribution in [0.5, 0.6) is 0 Å². The Bertz CT molecular complexity index is 795. The lowest BCUT2D eigenvalue weighted by Gasteiger charge is -2.36. The Morgan fingerprint density at radius 1 is 1.16 bits per heavy atom. The lowest BCUT2D eigenvalue weighted by Crippen LogP contribution is -2.47. The molecule has 1 fully saturated rings. The second kappa shape index (κ2) is 6.48. The van der Waals surface area contributed by atoms with Gasteiger partial charge in [-0.3, -0.25) is 0 Å². The molecule has 130 valence electrons. The van der Waals surface area contributed by atoms with E-state index >= 15 is 0 Å². The number of rotatable bonds is 3.